The molecule has 9 heteroatoms. The molecule has 0 aromatic heterocycles. The Labute approximate surface area is 158 Å². The molecule has 4 nitrogen and oxygen atoms in total. The van der Waals surface area contributed by atoms with Gasteiger partial charge in [-0.15, -0.1) is 0 Å². The van der Waals surface area contributed by atoms with Gasteiger partial charge in [-0.25, -0.2) is 0 Å². The van der Waals surface area contributed by atoms with Crippen LogP contribution < -0.4 is 24.8 Å². The van der Waals surface area contributed by atoms with Gasteiger partial charge in [-0.1, -0.05) is 0 Å². The van der Waals surface area contributed by atoms with E-state index in [0.29, 0.717) is 0 Å². The van der Waals surface area contributed by atoms with Gasteiger partial charge in [-0.2, -0.15) is 0 Å². The molecule has 0 saturated carbocycles. The van der Waals surface area contributed by atoms with Crippen molar-refractivity contribution in [3.05, 3.63) is 0 Å². The Morgan fingerprint density at radius 2 is 0.857 bits per heavy atom. The number of hydrogen-bond donors (Lipinski definition) is 0. The molecule has 0 unspecified atom stereocenters. The average molecular weight is 457 g/mol. The van der Waals surface area contributed by atoms with Gasteiger partial charge in [0.15, 0.2) is 0 Å². The third-order valence-electron chi connectivity index (χ3n) is 1.68. The molecule has 0 rings (SSSR count). The fourth-order valence-corrected chi connectivity index (χ4v) is 9.83. The number of rotatable bonds is 6. The Kier molecular flexibility index (Phi) is 13.0. The maximum atomic E-state index is 5.99. The minimum Gasteiger partial charge on any atom is -1.00 e. The Morgan fingerprint density at radius 1 is 0.619 bits per heavy atom. The quantitative estimate of drug-likeness (QED) is 0.432. The van der Waals surface area contributed by atoms with Gasteiger partial charge < -0.3 is 24.8 Å². The predicted octanol–water partition coefficient (Wildman–Crippen LogP) is -2.03. The summed E-state index contributed by atoms with van der Waals surface area (Å²) in [7, 11) is -4.16. The van der Waals surface area contributed by atoms with E-state index in [-0.39, 0.29) is 36.0 Å². The van der Waals surface area contributed by atoms with Crippen LogP contribution in [0, 0.1) is 0 Å². The fraction of sp³-hybridized carbons (Fsp3) is 1.00. The summed E-state index contributed by atoms with van der Waals surface area (Å²) >= 11 is -1.35. The van der Waals surface area contributed by atoms with Gasteiger partial charge >= 0.3 is 134 Å². The number of halogens is 2. The van der Waals surface area contributed by atoms with Gasteiger partial charge in [0.2, 0.25) is 0 Å². The molecule has 0 saturated heterocycles. The first-order valence-electron chi connectivity index (χ1n) is 6.63. The van der Waals surface area contributed by atoms with Crippen molar-refractivity contribution in [2.24, 2.45) is 0 Å². The van der Waals surface area contributed by atoms with E-state index < -0.39 is 41.2 Å². The fourth-order valence-electron chi connectivity index (χ4n) is 1.74. The van der Waals surface area contributed by atoms with Gasteiger partial charge in [-0.3, -0.25) is 0 Å². The van der Waals surface area contributed by atoms with E-state index in [2.05, 4.69) is 67.7 Å². The van der Waals surface area contributed by atoms with Crippen LogP contribution in [0.2, 0.25) is 26.2 Å². The third kappa shape index (κ3) is 17.9. The van der Waals surface area contributed by atoms with Crippen LogP contribution in [-0.2, 0) is 38.0 Å². The van der Waals surface area contributed by atoms with Gasteiger partial charge in [0, 0.05) is 0 Å². The maximum Gasteiger partial charge on any atom is -1.00 e. The van der Waals surface area contributed by atoms with Gasteiger partial charge in [0.25, 0.3) is 0 Å². The van der Waals surface area contributed by atoms with E-state index >= 15 is 0 Å². The Bertz CT molecular complexity index is 264. The summed E-state index contributed by atoms with van der Waals surface area (Å²) in [6, 6.07) is 0. The second-order valence-electron chi connectivity index (χ2n) is 7.52. The molecule has 0 amide bonds. The minimum atomic E-state index is -2.08. The molecule has 0 aromatic carbocycles. The van der Waals surface area contributed by atoms with E-state index in [4.69, 9.17) is 13.9 Å². The zero-order valence-electron chi connectivity index (χ0n) is 14.9. The van der Waals surface area contributed by atoms with Crippen molar-refractivity contribution in [2.45, 2.75) is 78.9 Å². The van der Waals surface area contributed by atoms with Crippen LogP contribution in [-0.4, -0.2) is 28.3 Å². The van der Waals surface area contributed by atoms with Crippen molar-refractivity contribution >= 4 is 17.1 Å². The molecule has 0 radical (unpaired) electrons. The summed E-state index contributed by atoms with van der Waals surface area (Å²) in [6.07, 6.45) is 0. The second kappa shape index (κ2) is 9.89. The van der Waals surface area contributed by atoms with Crippen molar-refractivity contribution in [3.8, 4) is 0 Å². The smallest absolute Gasteiger partial charge is 1.00 e. The van der Waals surface area contributed by atoms with Crippen LogP contribution >= 0.6 is 0 Å². The molecule has 0 fully saturated rings. The van der Waals surface area contributed by atoms with Crippen LogP contribution in [0.5, 0.6) is 0 Å². The first-order chi connectivity index (χ1) is 8.12. The first-order valence-corrected chi connectivity index (χ1v) is 14.3. The standard InChI is InChI=1S/2C6H15O2Si.2ClH.Zr/c2*1-6(2,3)8-9(4,5)7;;;/h2*1-5H3;2*1H;/q2*-1;;;+4/p-2. The topological polar surface area (TPSA) is 36.9 Å². The van der Waals surface area contributed by atoms with Crippen LogP contribution in [0.4, 0.5) is 0 Å². The monoisotopic (exact) mass is 454 g/mol. The maximum absolute atomic E-state index is 5.99. The van der Waals surface area contributed by atoms with Crippen LogP contribution in [0.3, 0.4) is 0 Å². The van der Waals surface area contributed by atoms with Crippen LogP contribution in [0.15, 0.2) is 0 Å². The molecule has 128 valence electrons. The summed E-state index contributed by atoms with van der Waals surface area (Å²) < 4.78 is 23.9. The largest absolute Gasteiger partial charge is 1.00 e. The van der Waals surface area contributed by atoms with Crippen LogP contribution in [0.25, 0.3) is 0 Å². The molecule has 0 aromatic rings. The molecular weight excluding hydrogens is 426 g/mol. The Balaban J connectivity index is -0.00000162. The van der Waals surface area contributed by atoms with E-state index in [1.807, 2.05) is 0 Å². The second-order valence-corrected chi connectivity index (χ2v) is 17.4. The van der Waals surface area contributed by atoms with E-state index in [9.17, 15) is 0 Å². The van der Waals surface area contributed by atoms with Crippen molar-refractivity contribution in [1.29, 1.82) is 0 Å². The predicted molar refractivity (Wildman–Crippen MR) is 78.8 cm³/mol. The number of hydrogen-bond acceptors (Lipinski definition) is 4. The molecule has 21 heavy (non-hydrogen) atoms. The molecule has 0 N–H and O–H groups in total. The molecule has 0 heterocycles. The summed E-state index contributed by atoms with van der Waals surface area (Å²) in [5, 5.41) is 0. The summed E-state index contributed by atoms with van der Waals surface area (Å²) in [5.41, 5.74) is -0.325. The molecule has 0 aliphatic rings. The van der Waals surface area contributed by atoms with E-state index in [1.54, 1.807) is 0 Å². The molecule has 0 bridgehead atoms. The Hall–Kier alpha value is 1.74. The molecule has 0 spiro atoms. The van der Waals surface area contributed by atoms with Crippen molar-refractivity contribution < 1.29 is 62.8 Å². The summed E-state index contributed by atoms with van der Waals surface area (Å²) in [4.78, 5) is 0. The van der Waals surface area contributed by atoms with Crippen molar-refractivity contribution in [3.63, 3.8) is 0 Å². The van der Waals surface area contributed by atoms with E-state index in [0.717, 1.165) is 0 Å². The normalized spacial score (nSPS) is 13.0. The molecule has 0 aliphatic heterocycles. The summed E-state index contributed by atoms with van der Waals surface area (Å²) in [5.74, 6) is 0. The van der Waals surface area contributed by atoms with E-state index in [1.165, 1.54) is 0 Å². The molecular formula is C12H30Cl2O4Si2Zr. The summed E-state index contributed by atoms with van der Waals surface area (Å²) in [6.45, 7) is 20.6. The Morgan fingerprint density at radius 3 is 1.05 bits per heavy atom. The van der Waals surface area contributed by atoms with Gasteiger partial charge in [-0.05, 0) is 0 Å². The van der Waals surface area contributed by atoms with Crippen molar-refractivity contribution in [1.82, 2.24) is 0 Å². The molecule has 0 aliphatic carbocycles. The zero-order chi connectivity index (χ0) is 15.5. The zero-order valence-corrected chi connectivity index (χ0v) is 20.9. The average Bonchev–Trinajstić information content (AvgIpc) is 1.90. The van der Waals surface area contributed by atoms with Crippen LogP contribution in [0.1, 0.15) is 41.5 Å². The molecule has 0 atom stereocenters. The van der Waals surface area contributed by atoms with Crippen molar-refractivity contribution in [2.75, 3.05) is 0 Å². The van der Waals surface area contributed by atoms with Gasteiger partial charge in [0.05, 0.1) is 0 Å². The minimum absolute atomic E-state index is 0. The SMILES string of the molecule is CC(C)(C)O[Si](C)(C)[O][Zr+2][O][Si](C)(C)OC(C)(C)C.[Cl-].[Cl-]. The first kappa shape index (κ1) is 27.6. The van der Waals surface area contributed by atoms with Gasteiger partial charge in [0.1, 0.15) is 0 Å². The third-order valence-corrected chi connectivity index (χ3v) is 13.5.